The molecule has 0 radical (unpaired) electrons. The Balaban J connectivity index is 4.17. The molecule has 1 nitrogen and oxygen atoms in total. The lowest BCUT2D eigenvalue weighted by molar-refractivity contribution is 1.42. The zero-order chi connectivity index (χ0) is 7.82. The molecule has 10 heavy (non-hydrogen) atoms. The summed E-state index contributed by atoms with van der Waals surface area (Å²) >= 11 is 0. The zero-order valence-electron chi connectivity index (χ0n) is 6.54. The average Bonchev–Trinajstić information content (AvgIpc) is 1.98. The van der Waals surface area contributed by atoms with E-state index < -0.39 is 0 Å². The predicted molar refractivity (Wildman–Crippen MR) is 47.3 cm³/mol. The first-order valence-corrected chi connectivity index (χ1v) is 3.29. The van der Waals surface area contributed by atoms with Crippen LogP contribution in [0.3, 0.4) is 0 Å². The van der Waals surface area contributed by atoms with E-state index in [1.54, 1.807) is 12.3 Å². The summed E-state index contributed by atoms with van der Waals surface area (Å²) in [6, 6.07) is 0. The van der Waals surface area contributed by atoms with Crippen LogP contribution >= 0.6 is 0 Å². The van der Waals surface area contributed by atoms with Gasteiger partial charge in [0.05, 0.1) is 5.70 Å². The molecule has 0 atom stereocenters. The molecule has 0 aliphatic heterocycles. The van der Waals surface area contributed by atoms with E-state index in [4.69, 9.17) is 0 Å². The molecule has 0 saturated heterocycles. The lowest BCUT2D eigenvalue weighted by Crippen LogP contribution is -1.69. The second-order valence-corrected chi connectivity index (χ2v) is 1.71. The SMILES string of the molecule is C=CC(=C/C=C\C)/N=C\C. The smallest absolute Gasteiger partial charge is 0.0619 e. The molecule has 0 rings (SSSR count). The van der Waals surface area contributed by atoms with Gasteiger partial charge < -0.3 is 0 Å². The highest BCUT2D eigenvalue weighted by Crippen LogP contribution is 1.96. The Bertz CT molecular complexity index is 173. The van der Waals surface area contributed by atoms with Crippen LogP contribution in [0.2, 0.25) is 0 Å². The summed E-state index contributed by atoms with van der Waals surface area (Å²) in [6.07, 6.45) is 9.27. The molecule has 0 aromatic rings. The van der Waals surface area contributed by atoms with Gasteiger partial charge in [0, 0.05) is 6.21 Å². The van der Waals surface area contributed by atoms with E-state index in [1.807, 2.05) is 32.1 Å². The van der Waals surface area contributed by atoms with Gasteiger partial charge in [0.25, 0.3) is 0 Å². The second-order valence-electron chi connectivity index (χ2n) is 1.71. The second kappa shape index (κ2) is 6.02. The molecule has 0 N–H and O–H groups in total. The van der Waals surface area contributed by atoms with Gasteiger partial charge in [-0.15, -0.1) is 0 Å². The van der Waals surface area contributed by atoms with E-state index >= 15 is 0 Å². The molecule has 0 spiro atoms. The summed E-state index contributed by atoms with van der Waals surface area (Å²) in [5.41, 5.74) is 0.889. The average molecular weight is 135 g/mol. The highest BCUT2D eigenvalue weighted by Gasteiger charge is 1.78. The maximum absolute atomic E-state index is 4.05. The van der Waals surface area contributed by atoms with Crippen molar-refractivity contribution in [3.05, 3.63) is 36.6 Å². The molecular weight excluding hydrogens is 122 g/mol. The minimum absolute atomic E-state index is 0.889. The molecule has 0 aromatic heterocycles. The summed E-state index contributed by atoms with van der Waals surface area (Å²) < 4.78 is 0. The molecule has 0 amide bonds. The Hall–Kier alpha value is -1.11. The molecular formula is C9H13N. The van der Waals surface area contributed by atoms with Gasteiger partial charge in [-0.3, -0.25) is 4.99 Å². The van der Waals surface area contributed by atoms with Gasteiger partial charge in [0.2, 0.25) is 0 Å². The molecule has 0 aromatic carbocycles. The van der Waals surface area contributed by atoms with Gasteiger partial charge in [-0.2, -0.15) is 0 Å². The van der Waals surface area contributed by atoms with Crippen molar-refractivity contribution < 1.29 is 0 Å². The minimum Gasteiger partial charge on any atom is -0.262 e. The third-order valence-electron chi connectivity index (χ3n) is 0.947. The highest BCUT2D eigenvalue weighted by atomic mass is 14.7. The van der Waals surface area contributed by atoms with Crippen molar-refractivity contribution in [2.45, 2.75) is 13.8 Å². The van der Waals surface area contributed by atoms with E-state index in [1.165, 1.54) is 0 Å². The standard InChI is InChI=1S/C9H13N/c1-4-7-8-9(5-2)10-6-3/h4-8H,2H2,1,3H3/b7-4-,9-8-,10-6-. The van der Waals surface area contributed by atoms with Crippen LogP contribution in [0.4, 0.5) is 0 Å². The van der Waals surface area contributed by atoms with Gasteiger partial charge in [-0.05, 0) is 26.0 Å². The normalized spacial score (nSPS) is 13.2. The first kappa shape index (κ1) is 8.89. The molecule has 0 fully saturated rings. The van der Waals surface area contributed by atoms with Gasteiger partial charge in [-0.1, -0.05) is 18.7 Å². The molecule has 0 unspecified atom stereocenters. The van der Waals surface area contributed by atoms with E-state index in [-0.39, 0.29) is 0 Å². The van der Waals surface area contributed by atoms with Crippen LogP contribution in [0.25, 0.3) is 0 Å². The van der Waals surface area contributed by atoms with E-state index in [9.17, 15) is 0 Å². The fraction of sp³-hybridized carbons (Fsp3) is 0.222. The monoisotopic (exact) mass is 135 g/mol. The van der Waals surface area contributed by atoms with Crippen molar-refractivity contribution in [1.82, 2.24) is 0 Å². The Kier molecular flexibility index (Phi) is 5.35. The van der Waals surface area contributed by atoms with E-state index in [0.29, 0.717) is 0 Å². The topological polar surface area (TPSA) is 12.4 Å². The maximum atomic E-state index is 4.05. The number of rotatable bonds is 3. The van der Waals surface area contributed by atoms with Crippen LogP contribution in [0, 0.1) is 0 Å². The first-order chi connectivity index (χ1) is 4.85. The molecule has 1 heteroatoms. The van der Waals surface area contributed by atoms with Crippen molar-refractivity contribution in [3.63, 3.8) is 0 Å². The molecule has 0 saturated carbocycles. The summed E-state index contributed by atoms with van der Waals surface area (Å²) in [6.45, 7) is 7.46. The molecule has 54 valence electrons. The van der Waals surface area contributed by atoms with Crippen molar-refractivity contribution in [3.8, 4) is 0 Å². The van der Waals surface area contributed by atoms with Gasteiger partial charge in [0.15, 0.2) is 0 Å². The quantitative estimate of drug-likeness (QED) is 0.417. The van der Waals surface area contributed by atoms with Gasteiger partial charge >= 0.3 is 0 Å². The molecule has 0 heterocycles. The summed E-state index contributed by atoms with van der Waals surface area (Å²) in [7, 11) is 0. The van der Waals surface area contributed by atoms with E-state index in [2.05, 4.69) is 11.6 Å². The molecule has 0 aliphatic rings. The van der Waals surface area contributed by atoms with Crippen LogP contribution in [-0.4, -0.2) is 6.21 Å². The number of allylic oxidation sites excluding steroid dienone is 4. The van der Waals surface area contributed by atoms with Crippen LogP contribution in [-0.2, 0) is 0 Å². The minimum atomic E-state index is 0.889. The highest BCUT2D eigenvalue weighted by molar-refractivity contribution is 5.56. The largest absolute Gasteiger partial charge is 0.262 e. The zero-order valence-corrected chi connectivity index (χ0v) is 6.54. The number of hydrogen-bond donors (Lipinski definition) is 0. The van der Waals surface area contributed by atoms with Crippen molar-refractivity contribution in [2.24, 2.45) is 4.99 Å². The molecule has 0 aliphatic carbocycles. The van der Waals surface area contributed by atoms with E-state index in [0.717, 1.165) is 5.70 Å². The van der Waals surface area contributed by atoms with Crippen molar-refractivity contribution in [1.29, 1.82) is 0 Å². The molecule has 0 bridgehead atoms. The third kappa shape index (κ3) is 3.84. The fourth-order valence-corrected chi connectivity index (χ4v) is 0.508. The number of aliphatic imine (C=N–C) groups is 1. The van der Waals surface area contributed by atoms with Gasteiger partial charge in [0.1, 0.15) is 0 Å². The summed E-state index contributed by atoms with van der Waals surface area (Å²) in [5, 5.41) is 0. The Morgan fingerprint density at radius 2 is 2.10 bits per heavy atom. The predicted octanol–water partition coefficient (Wildman–Crippen LogP) is 2.72. The van der Waals surface area contributed by atoms with Crippen molar-refractivity contribution in [2.75, 3.05) is 0 Å². The lowest BCUT2D eigenvalue weighted by atomic mass is 10.4. The fourth-order valence-electron chi connectivity index (χ4n) is 0.508. The Morgan fingerprint density at radius 3 is 2.50 bits per heavy atom. The van der Waals surface area contributed by atoms with Crippen LogP contribution < -0.4 is 0 Å². The van der Waals surface area contributed by atoms with Crippen LogP contribution in [0.5, 0.6) is 0 Å². The van der Waals surface area contributed by atoms with Gasteiger partial charge in [-0.25, -0.2) is 0 Å². The van der Waals surface area contributed by atoms with Crippen molar-refractivity contribution >= 4 is 6.21 Å². The maximum Gasteiger partial charge on any atom is 0.0619 e. The summed E-state index contributed by atoms with van der Waals surface area (Å²) in [4.78, 5) is 4.05. The van der Waals surface area contributed by atoms with Crippen LogP contribution in [0.1, 0.15) is 13.8 Å². The number of hydrogen-bond acceptors (Lipinski definition) is 1. The first-order valence-electron chi connectivity index (χ1n) is 3.29. The van der Waals surface area contributed by atoms with Crippen LogP contribution in [0.15, 0.2) is 41.6 Å². The Labute approximate surface area is 62.5 Å². The lowest BCUT2D eigenvalue weighted by Gasteiger charge is -1.86. The summed E-state index contributed by atoms with van der Waals surface area (Å²) in [5.74, 6) is 0. The third-order valence-corrected chi connectivity index (χ3v) is 0.947. The number of nitrogens with zero attached hydrogens (tertiary/aromatic N) is 1. The Morgan fingerprint density at radius 1 is 1.40 bits per heavy atom.